The molecular formula is C30H46O7. The average Bonchev–Trinajstić information content (AvgIpc) is 2.85. The van der Waals surface area contributed by atoms with E-state index in [9.17, 15) is 19.8 Å². The van der Waals surface area contributed by atoms with Crippen LogP contribution >= 0.6 is 0 Å². The first-order chi connectivity index (χ1) is 17.2. The number of ketones is 1. The first-order valence-corrected chi connectivity index (χ1v) is 13.5. The molecule has 0 aromatic carbocycles. The van der Waals surface area contributed by atoms with Gasteiger partial charge in [0.05, 0.1) is 24.2 Å². The smallest absolute Gasteiger partial charge is 0.310 e. The molecule has 2 aliphatic heterocycles. The molecule has 2 rings (SSSR count). The van der Waals surface area contributed by atoms with Crippen LogP contribution in [0.15, 0.2) is 24.3 Å². The predicted octanol–water partition coefficient (Wildman–Crippen LogP) is 4.07. The van der Waals surface area contributed by atoms with Crippen LogP contribution in [0.2, 0.25) is 0 Å². The Kier molecular flexibility index (Phi) is 10.7. The van der Waals surface area contributed by atoms with Gasteiger partial charge < -0.3 is 24.4 Å². The molecule has 0 saturated carbocycles. The number of esters is 1. The van der Waals surface area contributed by atoms with Gasteiger partial charge in [-0.3, -0.25) is 9.59 Å². The summed E-state index contributed by atoms with van der Waals surface area (Å²) in [4.78, 5) is 26.6. The molecule has 1 fully saturated rings. The zero-order valence-corrected chi connectivity index (χ0v) is 23.6. The number of hydrogen-bond acceptors (Lipinski definition) is 7. The van der Waals surface area contributed by atoms with Crippen LogP contribution in [0.3, 0.4) is 0 Å². The summed E-state index contributed by atoms with van der Waals surface area (Å²) in [5.41, 5.74) is -1.14. The van der Waals surface area contributed by atoms with E-state index in [4.69, 9.17) is 20.6 Å². The lowest BCUT2D eigenvalue weighted by molar-refractivity contribution is -0.198. The normalized spacial score (nSPS) is 44.6. The van der Waals surface area contributed by atoms with Gasteiger partial charge in [-0.1, -0.05) is 60.3 Å². The van der Waals surface area contributed by atoms with Gasteiger partial charge in [-0.25, -0.2) is 0 Å². The quantitative estimate of drug-likeness (QED) is 0.429. The van der Waals surface area contributed by atoms with Crippen LogP contribution < -0.4 is 0 Å². The molecule has 7 nitrogen and oxygen atoms in total. The summed E-state index contributed by atoms with van der Waals surface area (Å²) in [6, 6.07) is 0. The number of aliphatic hydroxyl groups is 2. The van der Waals surface area contributed by atoms with Gasteiger partial charge in [-0.2, -0.15) is 0 Å². The fourth-order valence-corrected chi connectivity index (χ4v) is 5.78. The minimum Gasteiger partial charge on any atom is -0.459 e. The largest absolute Gasteiger partial charge is 0.459 e. The Hall–Kier alpha value is -1.98. The van der Waals surface area contributed by atoms with E-state index in [0.29, 0.717) is 12.0 Å². The molecule has 0 bridgehead atoms. The Balaban J connectivity index is 2.52. The average molecular weight is 519 g/mol. The van der Waals surface area contributed by atoms with E-state index in [1.54, 1.807) is 20.8 Å². The number of carbonyl (C=O) groups is 2. The van der Waals surface area contributed by atoms with Crippen LogP contribution in [0.25, 0.3) is 0 Å². The summed E-state index contributed by atoms with van der Waals surface area (Å²) in [6.07, 6.45) is 6.73. The van der Waals surface area contributed by atoms with Crippen molar-refractivity contribution in [3.8, 4) is 12.3 Å². The molecule has 0 amide bonds. The van der Waals surface area contributed by atoms with Gasteiger partial charge in [0.2, 0.25) is 0 Å². The van der Waals surface area contributed by atoms with Gasteiger partial charge >= 0.3 is 5.97 Å². The Labute approximate surface area is 222 Å². The van der Waals surface area contributed by atoms with Crippen LogP contribution in [0.4, 0.5) is 0 Å². The van der Waals surface area contributed by atoms with Crippen LogP contribution in [0, 0.1) is 47.9 Å². The highest BCUT2D eigenvalue weighted by atomic mass is 16.7. The molecule has 0 radical (unpaired) electrons. The van der Waals surface area contributed by atoms with Gasteiger partial charge in [0.1, 0.15) is 17.5 Å². The lowest BCUT2D eigenvalue weighted by atomic mass is 9.73. The maximum atomic E-state index is 13.4. The Morgan fingerprint density at radius 3 is 2.38 bits per heavy atom. The first-order valence-electron chi connectivity index (χ1n) is 13.5. The lowest BCUT2D eigenvalue weighted by Gasteiger charge is -2.41. The van der Waals surface area contributed by atoms with Gasteiger partial charge in [-0.15, -0.1) is 12.3 Å². The highest BCUT2D eigenvalue weighted by Crippen LogP contribution is 2.37. The molecule has 0 spiro atoms. The lowest BCUT2D eigenvalue weighted by Crippen LogP contribution is -2.56. The zero-order chi connectivity index (χ0) is 28.2. The highest BCUT2D eigenvalue weighted by Gasteiger charge is 2.47. The van der Waals surface area contributed by atoms with Crippen molar-refractivity contribution in [2.75, 3.05) is 0 Å². The maximum Gasteiger partial charge on any atom is 0.310 e. The minimum atomic E-state index is -1.82. The fraction of sp³-hybridized carbons (Fsp3) is 0.733. The number of cyclic esters (lactones) is 1. The Morgan fingerprint density at radius 1 is 1.19 bits per heavy atom. The van der Waals surface area contributed by atoms with Crippen LogP contribution in [0.5, 0.6) is 0 Å². The molecule has 2 aliphatic rings. The monoisotopic (exact) mass is 518 g/mol. The predicted molar refractivity (Wildman–Crippen MR) is 142 cm³/mol. The molecule has 2 unspecified atom stereocenters. The van der Waals surface area contributed by atoms with Crippen molar-refractivity contribution in [2.24, 2.45) is 35.5 Å². The number of ether oxygens (including phenoxy) is 3. The van der Waals surface area contributed by atoms with E-state index in [2.05, 4.69) is 12.5 Å². The van der Waals surface area contributed by atoms with Crippen molar-refractivity contribution in [2.45, 2.75) is 105 Å². The van der Waals surface area contributed by atoms with Crippen molar-refractivity contribution in [1.29, 1.82) is 0 Å². The summed E-state index contributed by atoms with van der Waals surface area (Å²) >= 11 is 0. The molecule has 0 aliphatic carbocycles. The fourth-order valence-electron chi connectivity index (χ4n) is 5.78. The molecular weight excluding hydrogens is 472 g/mol. The summed E-state index contributed by atoms with van der Waals surface area (Å²) < 4.78 is 18.2. The third kappa shape index (κ3) is 6.92. The summed E-state index contributed by atoms with van der Waals surface area (Å²) in [5, 5.41) is 22.3. The van der Waals surface area contributed by atoms with Crippen LogP contribution in [-0.4, -0.2) is 58.3 Å². The van der Waals surface area contributed by atoms with Gasteiger partial charge in [0, 0.05) is 23.3 Å². The second-order valence-electron chi connectivity index (χ2n) is 11.4. The molecule has 1 saturated heterocycles. The van der Waals surface area contributed by atoms with Crippen molar-refractivity contribution in [3.63, 3.8) is 0 Å². The van der Waals surface area contributed by atoms with Crippen molar-refractivity contribution < 1.29 is 34.0 Å². The summed E-state index contributed by atoms with van der Waals surface area (Å²) in [7, 11) is 0. The maximum absolute atomic E-state index is 13.4. The second kappa shape index (κ2) is 12.7. The topological polar surface area (TPSA) is 102 Å². The number of carbonyl (C=O) groups excluding carboxylic acids is 2. The van der Waals surface area contributed by atoms with Gasteiger partial charge in [0.15, 0.2) is 6.29 Å². The van der Waals surface area contributed by atoms with Gasteiger partial charge in [0.25, 0.3) is 0 Å². The van der Waals surface area contributed by atoms with Crippen molar-refractivity contribution >= 4 is 11.8 Å². The Morgan fingerprint density at radius 2 is 1.81 bits per heavy atom. The molecule has 2 N–H and O–H groups in total. The van der Waals surface area contributed by atoms with E-state index in [-0.39, 0.29) is 30.1 Å². The van der Waals surface area contributed by atoms with E-state index < -0.39 is 59.8 Å². The molecule has 2 heterocycles. The minimum absolute atomic E-state index is 0.151. The van der Waals surface area contributed by atoms with E-state index in [1.807, 2.05) is 39.8 Å². The molecule has 208 valence electrons. The van der Waals surface area contributed by atoms with Crippen LogP contribution in [-0.2, 0) is 23.8 Å². The van der Waals surface area contributed by atoms with Crippen LogP contribution in [0.1, 0.15) is 68.2 Å². The third-order valence-corrected chi connectivity index (χ3v) is 8.26. The van der Waals surface area contributed by atoms with Crippen molar-refractivity contribution in [3.05, 3.63) is 24.3 Å². The molecule has 7 heteroatoms. The number of hydrogen-bond donors (Lipinski definition) is 2. The first kappa shape index (κ1) is 31.2. The Bertz CT molecular complexity index is 900. The third-order valence-electron chi connectivity index (χ3n) is 8.26. The summed E-state index contributed by atoms with van der Waals surface area (Å²) in [6.45, 7) is 18.2. The van der Waals surface area contributed by atoms with E-state index in [1.165, 1.54) is 6.92 Å². The number of rotatable bonds is 3. The number of terminal acetylenes is 1. The highest BCUT2D eigenvalue weighted by molar-refractivity contribution is 5.83. The molecule has 0 aromatic heterocycles. The SMILES string of the molecule is C#CC1[C@@H](C)C(=O)O[C@H](CC)[C@@](C)(O)[C@H](O)[C@@H](C)C(=O)[C@H](C)CC(C)[C@H](O[C@@H]2O[C@H](C)C=CC2=C)[C@H]1C. The standard InChI is InChI=1S/C30H46O7/c1-11-23-20(7)26(37-29-16(3)13-14-19(6)35-29)18(5)15-17(4)25(31)22(9)27(32)30(10,34)24(12-2)36-28(33)21(23)8/h1,13-14,17-24,26-27,29,32,34H,3,12,15H2,2,4-10H3/t17-,18?,19-,20+,21-,22+,23?,24-,26+,27-,29+,30-/m1/s1. The summed E-state index contributed by atoms with van der Waals surface area (Å²) in [5.74, 6) is -0.963. The number of aliphatic hydroxyl groups excluding tert-OH is 1. The zero-order valence-electron chi connectivity index (χ0n) is 23.6. The van der Waals surface area contributed by atoms with E-state index in [0.717, 1.165) is 0 Å². The van der Waals surface area contributed by atoms with E-state index >= 15 is 0 Å². The number of Topliss-reactive ketones (excluding diaryl/α,β-unsaturated/α-hetero) is 1. The molecule has 37 heavy (non-hydrogen) atoms. The second-order valence-corrected chi connectivity index (χ2v) is 11.4. The molecule has 12 atom stereocenters. The van der Waals surface area contributed by atoms with Gasteiger partial charge in [-0.05, 0) is 38.5 Å². The molecule has 0 aromatic rings. The van der Waals surface area contributed by atoms with Crippen molar-refractivity contribution in [1.82, 2.24) is 0 Å².